The van der Waals surface area contributed by atoms with Gasteiger partial charge in [-0.1, -0.05) is 68.4 Å². The second-order valence-corrected chi connectivity index (χ2v) is 6.82. The van der Waals surface area contributed by atoms with Crippen LogP contribution < -0.4 is 5.32 Å². The molecular formula is C18H23NS. The van der Waals surface area contributed by atoms with Gasteiger partial charge in [0.25, 0.3) is 0 Å². The lowest BCUT2D eigenvalue weighted by molar-refractivity contribution is 0.661. The summed E-state index contributed by atoms with van der Waals surface area (Å²) >= 11 is 2.00. The van der Waals surface area contributed by atoms with E-state index in [1.165, 1.54) is 16.7 Å². The van der Waals surface area contributed by atoms with E-state index in [0.717, 1.165) is 5.75 Å². The average Bonchev–Trinajstić information content (AvgIpc) is 2.49. The van der Waals surface area contributed by atoms with E-state index in [-0.39, 0.29) is 0 Å². The quantitative estimate of drug-likeness (QED) is 0.821. The first-order valence-electron chi connectivity index (χ1n) is 7.15. The minimum atomic E-state index is 0.423. The van der Waals surface area contributed by atoms with Gasteiger partial charge in [0.2, 0.25) is 0 Å². The van der Waals surface area contributed by atoms with Crippen molar-refractivity contribution in [2.24, 2.45) is 0 Å². The van der Waals surface area contributed by atoms with Crippen LogP contribution in [-0.4, -0.2) is 18.1 Å². The fraction of sp³-hybridized carbons (Fsp3) is 0.333. The molecule has 0 saturated carbocycles. The van der Waals surface area contributed by atoms with Crippen LogP contribution in [0.25, 0.3) is 11.1 Å². The molecule has 106 valence electrons. The third-order valence-corrected chi connectivity index (χ3v) is 4.56. The average molecular weight is 285 g/mol. The van der Waals surface area contributed by atoms with Gasteiger partial charge in [0.1, 0.15) is 0 Å². The highest BCUT2D eigenvalue weighted by atomic mass is 32.2. The summed E-state index contributed by atoms with van der Waals surface area (Å²) in [5.41, 5.74) is 3.91. The number of thioether (sulfide) groups is 1. The van der Waals surface area contributed by atoms with E-state index >= 15 is 0 Å². The van der Waals surface area contributed by atoms with Crippen molar-refractivity contribution in [2.75, 3.05) is 12.8 Å². The number of nitrogens with one attached hydrogen (secondary N) is 1. The zero-order chi connectivity index (χ0) is 14.4. The van der Waals surface area contributed by atoms with Crippen LogP contribution in [-0.2, 0) is 0 Å². The van der Waals surface area contributed by atoms with Gasteiger partial charge >= 0.3 is 0 Å². The standard InChI is InChI=1S/C18H23NS/c1-14(2)20-13-18(19-3)17-11-9-16(10-12-17)15-7-5-4-6-8-15/h4-12,14,18-19H,13H2,1-3H3. The predicted molar refractivity (Wildman–Crippen MR) is 91.3 cm³/mol. The minimum Gasteiger partial charge on any atom is -0.312 e. The van der Waals surface area contributed by atoms with Crippen molar-refractivity contribution in [2.45, 2.75) is 25.1 Å². The molecule has 0 bridgehead atoms. The Labute approximate surface area is 126 Å². The number of benzene rings is 2. The number of hydrogen-bond donors (Lipinski definition) is 1. The zero-order valence-electron chi connectivity index (χ0n) is 12.5. The summed E-state index contributed by atoms with van der Waals surface area (Å²) in [6.45, 7) is 4.49. The molecule has 1 N–H and O–H groups in total. The molecule has 0 radical (unpaired) electrons. The maximum atomic E-state index is 3.41. The Morgan fingerprint density at radius 3 is 2.05 bits per heavy atom. The van der Waals surface area contributed by atoms with Crippen LogP contribution in [0.1, 0.15) is 25.5 Å². The van der Waals surface area contributed by atoms with E-state index < -0.39 is 0 Å². The van der Waals surface area contributed by atoms with Gasteiger partial charge in [0.15, 0.2) is 0 Å². The van der Waals surface area contributed by atoms with Crippen LogP contribution >= 0.6 is 11.8 Å². The summed E-state index contributed by atoms with van der Waals surface area (Å²) < 4.78 is 0. The third-order valence-electron chi connectivity index (χ3n) is 3.36. The van der Waals surface area contributed by atoms with Gasteiger partial charge in [0, 0.05) is 11.8 Å². The van der Waals surface area contributed by atoms with Crippen LogP contribution in [0.3, 0.4) is 0 Å². The molecule has 1 nitrogen and oxygen atoms in total. The number of hydrogen-bond acceptors (Lipinski definition) is 2. The minimum absolute atomic E-state index is 0.423. The van der Waals surface area contributed by atoms with Crippen molar-refractivity contribution in [3.05, 3.63) is 60.2 Å². The first-order chi connectivity index (χ1) is 9.70. The molecule has 0 aliphatic carbocycles. The molecule has 1 unspecified atom stereocenters. The molecule has 0 aliphatic rings. The normalized spacial score (nSPS) is 12.6. The highest BCUT2D eigenvalue weighted by Gasteiger charge is 2.10. The van der Waals surface area contributed by atoms with Crippen molar-refractivity contribution in [1.82, 2.24) is 5.32 Å². The fourth-order valence-corrected chi connectivity index (χ4v) is 3.11. The van der Waals surface area contributed by atoms with Gasteiger partial charge < -0.3 is 5.32 Å². The summed E-state index contributed by atoms with van der Waals surface area (Å²) in [6, 6.07) is 19.9. The van der Waals surface area contributed by atoms with Gasteiger partial charge in [0.05, 0.1) is 0 Å². The molecule has 1 atom stereocenters. The SMILES string of the molecule is CNC(CSC(C)C)c1ccc(-c2ccccc2)cc1. The summed E-state index contributed by atoms with van der Waals surface area (Å²) in [5, 5.41) is 4.09. The van der Waals surface area contributed by atoms with Gasteiger partial charge in [-0.25, -0.2) is 0 Å². The molecule has 0 aliphatic heterocycles. The molecule has 0 fully saturated rings. The van der Waals surface area contributed by atoms with Gasteiger partial charge in [-0.3, -0.25) is 0 Å². The molecule has 2 rings (SSSR count). The molecule has 0 spiro atoms. The van der Waals surface area contributed by atoms with E-state index in [4.69, 9.17) is 0 Å². The maximum absolute atomic E-state index is 3.41. The summed E-state index contributed by atoms with van der Waals surface area (Å²) in [6.07, 6.45) is 0. The van der Waals surface area contributed by atoms with Gasteiger partial charge in [-0.05, 0) is 29.0 Å². The molecule has 2 heteroatoms. The third kappa shape index (κ3) is 4.12. The Morgan fingerprint density at radius 1 is 0.900 bits per heavy atom. The van der Waals surface area contributed by atoms with Crippen molar-refractivity contribution in [3.8, 4) is 11.1 Å². The van der Waals surface area contributed by atoms with Crippen LogP contribution in [0.15, 0.2) is 54.6 Å². The Bertz CT molecular complexity index is 505. The van der Waals surface area contributed by atoms with E-state index in [1.807, 2.05) is 18.8 Å². The molecule has 0 aromatic heterocycles. The molecule has 20 heavy (non-hydrogen) atoms. The van der Waals surface area contributed by atoms with Crippen LogP contribution in [0.5, 0.6) is 0 Å². The summed E-state index contributed by atoms with van der Waals surface area (Å²) in [5.74, 6) is 1.11. The molecule has 0 amide bonds. The Morgan fingerprint density at radius 2 is 1.50 bits per heavy atom. The molecule has 0 heterocycles. The smallest absolute Gasteiger partial charge is 0.0409 e. The second kappa shape index (κ2) is 7.51. The molecule has 2 aromatic carbocycles. The van der Waals surface area contributed by atoms with Crippen LogP contribution in [0.4, 0.5) is 0 Å². The van der Waals surface area contributed by atoms with Crippen molar-refractivity contribution >= 4 is 11.8 Å². The summed E-state index contributed by atoms with van der Waals surface area (Å²) in [7, 11) is 2.04. The molecule has 2 aromatic rings. The monoisotopic (exact) mass is 285 g/mol. The Balaban J connectivity index is 2.10. The van der Waals surface area contributed by atoms with E-state index in [0.29, 0.717) is 11.3 Å². The first-order valence-corrected chi connectivity index (χ1v) is 8.20. The van der Waals surface area contributed by atoms with Crippen molar-refractivity contribution in [1.29, 1.82) is 0 Å². The number of rotatable bonds is 6. The summed E-state index contributed by atoms with van der Waals surface area (Å²) in [4.78, 5) is 0. The van der Waals surface area contributed by atoms with E-state index in [9.17, 15) is 0 Å². The highest BCUT2D eigenvalue weighted by Crippen LogP contribution is 2.24. The first kappa shape index (κ1) is 15.1. The van der Waals surface area contributed by atoms with Gasteiger partial charge in [-0.15, -0.1) is 0 Å². The van der Waals surface area contributed by atoms with Crippen molar-refractivity contribution < 1.29 is 0 Å². The lowest BCUT2D eigenvalue weighted by Crippen LogP contribution is -2.19. The molecular weight excluding hydrogens is 262 g/mol. The maximum Gasteiger partial charge on any atom is 0.0409 e. The Hall–Kier alpha value is -1.25. The van der Waals surface area contributed by atoms with Crippen LogP contribution in [0, 0.1) is 0 Å². The van der Waals surface area contributed by atoms with E-state index in [1.54, 1.807) is 0 Å². The molecule has 0 saturated heterocycles. The van der Waals surface area contributed by atoms with Gasteiger partial charge in [-0.2, -0.15) is 11.8 Å². The topological polar surface area (TPSA) is 12.0 Å². The highest BCUT2D eigenvalue weighted by molar-refractivity contribution is 7.99. The lowest BCUT2D eigenvalue weighted by Gasteiger charge is -2.18. The Kier molecular flexibility index (Phi) is 5.69. The van der Waals surface area contributed by atoms with Crippen molar-refractivity contribution in [3.63, 3.8) is 0 Å². The fourth-order valence-electron chi connectivity index (χ4n) is 2.17. The predicted octanol–water partition coefficient (Wildman–Crippen LogP) is 4.76. The van der Waals surface area contributed by atoms with E-state index in [2.05, 4.69) is 73.8 Å². The van der Waals surface area contributed by atoms with Crippen LogP contribution in [0.2, 0.25) is 0 Å². The second-order valence-electron chi connectivity index (χ2n) is 5.21. The largest absolute Gasteiger partial charge is 0.312 e. The lowest BCUT2D eigenvalue weighted by atomic mass is 10.0. The zero-order valence-corrected chi connectivity index (χ0v) is 13.3.